The minimum atomic E-state index is 0.589. The highest BCUT2D eigenvalue weighted by molar-refractivity contribution is 5.61. The van der Waals surface area contributed by atoms with Gasteiger partial charge in [0, 0.05) is 18.5 Å². The van der Waals surface area contributed by atoms with Gasteiger partial charge in [0.05, 0.1) is 30.7 Å². The molecule has 3 rings (SSSR count). The van der Waals surface area contributed by atoms with E-state index >= 15 is 0 Å². The number of rotatable bonds is 4. The summed E-state index contributed by atoms with van der Waals surface area (Å²) in [4.78, 5) is 9.36. The third kappa shape index (κ3) is 2.41. The molecule has 0 radical (unpaired) electrons. The Morgan fingerprint density at radius 2 is 2.25 bits per heavy atom. The molecule has 0 amide bonds. The molecule has 0 bridgehead atoms. The molecule has 0 unspecified atom stereocenters. The maximum absolute atomic E-state index is 5.53. The first-order valence-corrected chi connectivity index (χ1v) is 7.05. The molecule has 20 heavy (non-hydrogen) atoms. The zero-order chi connectivity index (χ0) is 13.9. The van der Waals surface area contributed by atoms with Crippen molar-refractivity contribution in [2.45, 2.75) is 33.3 Å². The Bertz CT molecular complexity index is 607. The van der Waals surface area contributed by atoms with Crippen molar-refractivity contribution in [1.29, 1.82) is 0 Å². The van der Waals surface area contributed by atoms with Gasteiger partial charge in [-0.2, -0.15) is 0 Å². The van der Waals surface area contributed by atoms with Crippen molar-refractivity contribution >= 4 is 5.82 Å². The topological polar surface area (TPSA) is 60.2 Å². The second-order valence-electron chi connectivity index (χ2n) is 4.94. The summed E-state index contributed by atoms with van der Waals surface area (Å²) in [5, 5.41) is 3.38. The van der Waals surface area contributed by atoms with E-state index in [2.05, 4.69) is 17.2 Å². The quantitative estimate of drug-likeness (QED) is 0.928. The largest absolute Gasteiger partial charge is 0.469 e. The van der Waals surface area contributed by atoms with Gasteiger partial charge in [-0.3, -0.25) is 0 Å². The molecule has 0 aromatic carbocycles. The third-order valence-electron chi connectivity index (χ3n) is 3.46. The molecule has 0 spiro atoms. The van der Waals surface area contributed by atoms with E-state index in [-0.39, 0.29) is 0 Å². The van der Waals surface area contributed by atoms with E-state index in [1.807, 2.05) is 13.0 Å². The second-order valence-corrected chi connectivity index (χ2v) is 4.94. The number of hydrogen-bond donors (Lipinski definition) is 1. The lowest BCUT2D eigenvalue weighted by molar-refractivity contribution is 0.109. The van der Waals surface area contributed by atoms with Crippen molar-refractivity contribution in [2.24, 2.45) is 0 Å². The van der Waals surface area contributed by atoms with E-state index in [0.717, 1.165) is 60.2 Å². The van der Waals surface area contributed by atoms with Crippen LogP contribution >= 0.6 is 0 Å². The summed E-state index contributed by atoms with van der Waals surface area (Å²) < 4.78 is 10.9. The van der Waals surface area contributed by atoms with E-state index in [4.69, 9.17) is 14.1 Å². The normalized spacial score (nSPS) is 14.1. The van der Waals surface area contributed by atoms with Crippen LogP contribution in [0.4, 0.5) is 5.82 Å². The standard InChI is InChI=1S/C15H19N3O2/c1-3-6-16-14-12-9-19-7-5-13(12)17-15(18-14)11-4-8-20-10(11)2/h4,8H,3,5-7,9H2,1-2H3,(H,16,17,18). The highest BCUT2D eigenvalue weighted by Crippen LogP contribution is 2.28. The SMILES string of the molecule is CCCNc1nc(-c2ccoc2C)nc2c1COCC2. The van der Waals surface area contributed by atoms with E-state index in [9.17, 15) is 0 Å². The highest BCUT2D eigenvalue weighted by atomic mass is 16.5. The van der Waals surface area contributed by atoms with Gasteiger partial charge in [-0.05, 0) is 19.4 Å². The third-order valence-corrected chi connectivity index (χ3v) is 3.46. The maximum Gasteiger partial charge on any atom is 0.165 e. The van der Waals surface area contributed by atoms with Gasteiger partial charge in [-0.15, -0.1) is 0 Å². The Hall–Kier alpha value is -1.88. The van der Waals surface area contributed by atoms with Crippen LogP contribution in [-0.4, -0.2) is 23.1 Å². The van der Waals surface area contributed by atoms with E-state index in [0.29, 0.717) is 6.61 Å². The van der Waals surface area contributed by atoms with Crippen LogP contribution < -0.4 is 5.32 Å². The van der Waals surface area contributed by atoms with Crippen molar-refractivity contribution in [3.63, 3.8) is 0 Å². The number of furan rings is 1. The highest BCUT2D eigenvalue weighted by Gasteiger charge is 2.19. The van der Waals surface area contributed by atoms with Gasteiger partial charge in [0.1, 0.15) is 11.6 Å². The molecule has 0 saturated carbocycles. The Morgan fingerprint density at radius 1 is 1.35 bits per heavy atom. The summed E-state index contributed by atoms with van der Waals surface area (Å²) >= 11 is 0. The molecule has 2 aromatic heterocycles. The van der Waals surface area contributed by atoms with Crippen LogP contribution in [0.3, 0.4) is 0 Å². The summed E-state index contributed by atoms with van der Waals surface area (Å²) in [7, 11) is 0. The number of anilines is 1. The van der Waals surface area contributed by atoms with E-state index in [1.165, 1.54) is 0 Å². The predicted octanol–water partition coefficient (Wildman–Crippen LogP) is 2.94. The molecule has 0 atom stereocenters. The minimum absolute atomic E-state index is 0.589. The molecule has 1 N–H and O–H groups in total. The molecular formula is C15H19N3O2. The molecule has 106 valence electrons. The number of nitrogens with one attached hydrogen (secondary N) is 1. The number of fused-ring (bicyclic) bond motifs is 1. The Kier molecular flexibility index (Phi) is 3.69. The van der Waals surface area contributed by atoms with Gasteiger partial charge in [0.25, 0.3) is 0 Å². The summed E-state index contributed by atoms with van der Waals surface area (Å²) in [6.07, 6.45) is 3.57. The fraction of sp³-hybridized carbons (Fsp3) is 0.467. The molecule has 1 aliphatic heterocycles. The lowest BCUT2D eigenvalue weighted by Crippen LogP contribution is -2.17. The molecule has 0 aliphatic carbocycles. The molecule has 0 saturated heterocycles. The summed E-state index contributed by atoms with van der Waals surface area (Å²) in [5.41, 5.74) is 3.13. The number of aromatic nitrogens is 2. The molecule has 1 aliphatic rings. The zero-order valence-corrected chi connectivity index (χ0v) is 11.9. The minimum Gasteiger partial charge on any atom is -0.469 e. The van der Waals surface area contributed by atoms with E-state index in [1.54, 1.807) is 6.26 Å². The lowest BCUT2D eigenvalue weighted by atomic mass is 10.1. The molecule has 5 heteroatoms. The molecule has 5 nitrogen and oxygen atoms in total. The van der Waals surface area contributed by atoms with Crippen molar-refractivity contribution in [2.75, 3.05) is 18.5 Å². The van der Waals surface area contributed by atoms with Crippen LogP contribution in [0.5, 0.6) is 0 Å². The average molecular weight is 273 g/mol. The smallest absolute Gasteiger partial charge is 0.165 e. The molecule has 2 aromatic rings. The number of hydrogen-bond acceptors (Lipinski definition) is 5. The Labute approximate surface area is 118 Å². The summed E-state index contributed by atoms with van der Waals surface area (Å²) in [6, 6.07) is 1.92. The average Bonchev–Trinajstić information content (AvgIpc) is 2.90. The van der Waals surface area contributed by atoms with Gasteiger partial charge in [0.2, 0.25) is 0 Å². The van der Waals surface area contributed by atoms with Gasteiger partial charge in [-0.25, -0.2) is 9.97 Å². The zero-order valence-electron chi connectivity index (χ0n) is 11.9. The van der Waals surface area contributed by atoms with E-state index < -0.39 is 0 Å². The van der Waals surface area contributed by atoms with Crippen LogP contribution in [0.25, 0.3) is 11.4 Å². The van der Waals surface area contributed by atoms with Gasteiger partial charge < -0.3 is 14.5 Å². The number of ether oxygens (including phenoxy) is 1. The monoisotopic (exact) mass is 273 g/mol. The molecular weight excluding hydrogens is 254 g/mol. The van der Waals surface area contributed by atoms with Crippen LogP contribution in [0.2, 0.25) is 0 Å². The van der Waals surface area contributed by atoms with Crippen LogP contribution in [0.1, 0.15) is 30.4 Å². The van der Waals surface area contributed by atoms with Crippen molar-refractivity contribution in [1.82, 2.24) is 9.97 Å². The molecule has 3 heterocycles. The molecule has 0 fully saturated rings. The first-order chi connectivity index (χ1) is 9.79. The number of aryl methyl sites for hydroxylation is 1. The van der Waals surface area contributed by atoms with Crippen molar-refractivity contribution in [3.8, 4) is 11.4 Å². The summed E-state index contributed by atoms with van der Waals surface area (Å²) in [5.74, 6) is 2.47. The lowest BCUT2D eigenvalue weighted by Gasteiger charge is -2.20. The Morgan fingerprint density at radius 3 is 3.00 bits per heavy atom. The first kappa shape index (κ1) is 13.1. The fourth-order valence-electron chi connectivity index (χ4n) is 2.36. The second kappa shape index (κ2) is 5.63. The van der Waals surface area contributed by atoms with Crippen molar-refractivity contribution < 1.29 is 9.15 Å². The van der Waals surface area contributed by atoms with Crippen molar-refractivity contribution in [3.05, 3.63) is 29.3 Å². The Balaban J connectivity index is 2.05. The first-order valence-electron chi connectivity index (χ1n) is 7.05. The van der Waals surface area contributed by atoms with Crippen LogP contribution in [0.15, 0.2) is 16.7 Å². The van der Waals surface area contributed by atoms with Crippen LogP contribution in [0, 0.1) is 6.92 Å². The summed E-state index contributed by atoms with van der Waals surface area (Å²) in [6.45, 7) is 6.28. The predicted molar refractivity (Wildman–Crippen MR) is 76.6 cm³/mol. The number of nitrogens with zero attached hydrogens (tertiary/aromatic N) is 2. The van der Waals surface area contributed by atoms with Gasteiger partial charge >= 0.3 is 0 Å². The maximum atomic E-state index is 5.53. The van der Waals surface area contributed by atoms with Crippen LogP contribution in [-0.2, 0) is 17.8 Å². The van der Waals surface area contributed by atoms with Gasteiger partial charge in [-0.1, -0.05) is 6.92 Å². The fourth-order valence-corrected chi connectivity index (χ4v) is 2.36. The van der Waals surface area contributed by atoms with Gasteiger partial charge in [0.15, 0.2) is 5.82 Å².